The van der Waals surface area contributed by atoms with E-state index in [4.69, 9.17) is 9.47 Å². The van der Waals surface area contributed by atoms with Gasteiger partial charge in [0.15, 0.2) is 0 Å². The number of hydrogen-bond acceptors (Lipinski definition) is 6. The molecule has 0 atom stereocenters. The van der Waals surface area contributed by atoms with Crippen molar-refractivity contribution in [3.05, 3.63) is 65.0 Å². The number of nitrogens with one attached hydrogen (secondary N) is 2. The summed E-state index contributed by atoms with van der Waals surface area (Å²) in [6.45, 7) is 1.58. The highest BCUT2D eigenvalue weighted by Gasteiger charge is 2.31. The van der Waals surface area contributed by atoms with Gasteiger partial charge in [-0.15, -0.1) is 0 Å². The van der Waals surface area contributed by atoms with Crippen molar-refractivity contribution < 1.29 is 31.8 Å². The molecule has 168 valence electrons. The predicted molar refractivity (Wildman–Crippen MR) is 109 cm³/mol. The van der Waals surface area contributed by atoms with Crippen molar-refractivity contribution in [1.82, 2.24) is 9.97 Å². The minimum Gasteiger partial charge on any atom is -0.481 e. The van der Waals surface area contributed by atoms with E-state index >= 15 is 0 Å². The molecule has 2 N–H and O–H groups in total. The van der Waals surface area contributed by atoms with E-state index in [-0.39, 0.29) is 29.0 Å². The summed E-state index contributed by atoms with van der Waals surface area (Å²) in [7, 11) is 2.68. The zero-order valence-corrected chi connectivity index (χ0v) is 17.2. The van der Waals surface area contributed by atoms with E-state index in [0.717, 1.165) is 24.3 Å². The first-order valence-electron chi connectivity index (χ1n) is 9.13. The van der Waals surface area contributed by atoms with Gasteiger partial charge in [-0.25, -0.2) is 4.39 Å². The molecule has 3 rings (SSSR count). The van der Waals surface area contributed by atoms with Gasteiger partial charge in [0, 0.05) is 11.8 Å². The zero-order chi connectivity index (χ0) is 23.5. The number of alkyl halides is 3. The van der Waals surface area contributed by atoms with Crippen LogP contribution in [-0.2, 0) is 6.18 Å². The van der Waals surface area contributed by atoms with Gasteiger partial charge in [0.1, 0.15) is 11.6 Å². The Morgan fingerprint density at radius 3 is 2.34 bits per heavy atom. The Morgan fingerprint density at radius 2 is 1.72 bits per heavy atom. The van der Waals surface area contributed by atoms with Crippen molar-refractivity contribution >= 4 is 23.1 Å². The first-order valence-corrected chi connectivity index (χ1v) is 9.13. The van der Waals surface area contributed by atoms with Gasteiger partial charge in [0.05, 0.1) is 31.0 Å². The van der Waals surface area contributed by atoms with Gasteiger partial charge in [-0.3, -0.25) is 4.79 Å². The number of carbonyl (C=O) groups is 1. The maximum Gasteiger partial charge on any atom is 0.416 e. The van der Waals surface area contributed by atoms with Gasteiger partial charge < -0.3 is 20.1 Å². The number of carbonyl (C=O) groups excluding carboxylic acids is 1. The molecule has 0 radical (unpaired) electrons. The van der Waals surface area contributed by atoms with Crippen LogP contribution in [0.15, 0.2) is 42.5 Å². The van der Waals surface area contributed by atoms with Gasteiger partial charge in [-0.05, 0) is 48.9 Å². The topological polar surface area (TPSA) is 85.4 Å². The van der Waals surface area contributed by atoms with Gasteiger partial charge in [0.25, 0.3) is 5.91 Å². The second-order valence-corrected chi connectivity index (χ2v) is 6.58. The number of amides is 1. The number of hydrogen-bond donors (Lipinski definition) is 2. The maximum absolute atomic E-state index is 13.4. The van der Waals surface area contributed by atoms with Crippen LogP contribution in [0.25, 0.3) is 0 Å². The Labute approximate surface area is 180 Å². The minimum atomic E-state index is -4.63. The largest absolute Gasteiger partial charge is 0.481 e. The number of halogens is 4. The molecule has 0 aliphatic carbocycles. The van der Waals surface area contributed by atoms with E-state index in [1.54, 1.807) is 6.92 Å². The molecular weight excluding hydrogens is 432 g/mol. The summed E-state index contributed by atoms with van der Waals surface area (Å²) in [6, 6.07) is 7.62. The summed E-state index contributed by atoms with van der Waals surface area (Å²) in [6.07, 6.45) is -4.63. The van der Waals surface area contributed by atoms with E-state index in [9.17, 15) is 22.4 Å². The molecular formula is C21H18F4N4O3. The van der Waals surface area contributed by atoms with Crippen LogP contribution >= 0.6 is 0 Å². The summed E-state index contributed by atoms with van der Waals surface area (Å²) in [4.78, 5) is 20.8. The van der Waals surface area contributed by atoms with Crippen molar-refractivity contribution in [2.24, 2.45) is 0 Å². The lowest BCUT2D eigenvalue weighted by Gasteiger charge is -2.16. The highest BCUT2D eigenvalue weighted by Crippen LogP contribution is 2.34. The summed E-state index contributed by atoms with van der Waals surface area (Å²) in [5.41, 5.74) is -0.399. The molecule has 3 aromatic rings. The van der Waals surface area contributed by atoms with E-state index in [1.807, 2.05) is 0 Å². The number of aromatic nitrogens is 2. The lowest BCUT2D eigenvalue weighted by atomic mass is 10.1. The normalized spacial score (nSPS) is 11.1. The molecule has 0 saturated carbocycles. The molecule has 0 unspecified atom stereocenters. The highest BCUT2D eigenvalue weighted by atomic mass is 19.4. The summed E-state index contributed by atoms with van der Waals surface area (Å²) in [5.74, 6) is -1.12. The summed E-state index contributed by atoms with van der Waals surface area (Å²) < 4.78 is 63.1. The standard InChI is InChI=1S/C21H18F4N4O3/c1-11-8-13(22)5-7-15(11)26-16-9-12(21(23,24)25)4-6-14(16)19(30)27-17-10-18(31-2)29-20(28-17)32-3/h4-10,26H,1-3H3,(H,27,28,29,30). The molecule has 1 heterocycles. The Kier molecular flexibility index (Phi) is 6.47. The smallest absolute Gasteiger partial charge is 0.416 e. The lowest BCUT2D eigenvalue weighted by Crippen LogP contribution is -2.17. The molecule has 0 saturated heterocycles. The Hall–Kier alpha value is -3.89. The molecule has 1 amide bonds. The van der Waals surface area contributed by atoms with E-state index in [2.05, 4.69) is 20.6 Å². The summed E-state index contributed by atoms with van der Waals surface area (Å²) in [5, 5.41) is 5.27. The quantitative estimate of drug-likeness (QED) is 0.517. The van der Waals surface area contributed by atoms with E-state index in [0.29, 0.717) is 11.3 Å². The number of methoxy groups -OCH3 is 2. The number of anilines is 3. The fourth-order valence-electron chi connectivity index (χ4n) is 2.78. The van der Waals surface area contributed by atoms with E-state index in [1.165, 1.54) is 32.4 Å². The Bertz CT molecular complexity index is 1130. The van der Waals surface area contributed by atoms with Crippen molar-refractivity contribution in [3.8, 4) is 11.9 Å². The second-order valence-electron chi connectivity index (χ2n) is 6.58. The number of benzene rings is 2. The summed E-state index contributed by atoms with van der Waals surface area (Å²) >= 11 is 0. The number of aryl methyl sites for hydroxylation is 1. The van der Waals surface area contributed by atoms with Crippen LogP contribution in [0, 0.1) is 12.7 Å². The average Bonchev–Trinajstić information content (AvgIpc) is 2.74. The van der Waals surface area contributed by atoms with Crippen LogP contribution in [0.5, 0.6) is 11.9 Å². The van der Waals surface area contributed by atoms with Crippen LogP contribution in [0.3, 0.4) is 0 Å². The number of ether oxygens (including phenoxy) is 2. The first-order chi connectivity index (χ1) is 15.1. The van der Waals surface area contributed by atoms with Crippen LogP contribution < -0.4 is 20.1 Å². The zero-order valence-electron chi connectivity index (χ0n) is 17.2. The average molecular weight is 450 g/mol. The van der Waals surface area contributed by atoms with Crippen LogP contribution in [0.1, 0.15) is 21.5 Å². The molecule has 0 aliphatic heterocycles. The van der Waals surface area contributed by atoms with Gasteiger partial charge in [0.2, 0.25) is 5.88 Å². The van der Waals surface area contributed by atoms with Gasteiger partial charge in [-0.2, -0.15) is 23.1 Å². The van der Waals surface area contributed by atoms with Crippen LogP contribution in [-0.4, -0.2) is 30.1 Å². The molecule has 0 bridgehead atoms. The van der Waals surface area contributed by atoms with Gasteiger partial charge >= 0.3 is 12.2 Å². The van der Waals surface area contributed by atoms with Crippen LogP contribution in [0.4, 0.5) is 34.8 Å². The van der Waals surface area contributed by atoms with Crippen molar-refractivity contribution in [3.63, 3.8) is 0 Å². The number of rotatable bonds is 6. The third-order valence-electron chi connectivity index (χ3n) is 4.36. The molecule has 11 heteroatoms. The lowest BCUT2D eigenvalue weighted by molar-refractivity contribution is -0.137. The van der Waals surface area contributed by atoms with Crippen molar-refractivity contribution in [1.29, 1.82) is 0 Å². The monoisotopic (exact) mass is 450 g/mol. The second kappa shape index (κ2) is 9.08. The Morgan fingerprint density at radius 1 is 0.969 bits per heavy atom. The van der Waals surface area contributed by atoms with Crippen molar-refractivity contribution in [2.45, 2.75) is 13.1 Å². The third kappa shape index (κ3) is 5.23. The van der Waals surface area contributed by atoms with E-state index < -0.39 is 23.5 Å². The van der Waals surface area contributed by atoms with Crippen LogP contribution in [0.2, 0.25) is 0 Å². The highest BCUT2D eigenvalue weighted by molar-refractivity contribution is 6.08. The molecule has 32 heavy (non-hydrogen) atoms. The molecule has 0 spiro atoms. The maximum atomic E-state index is 13.4. The molecule has 0 fully saturated rings. The fraction of sp³-hybridized carbons (Fsp3) is 0.190. The Balaban J connectivity index is 2.00. The number of nitrogens with zero attached hydrogens (tertiary/aromatic N) is 2. The fourth-order valence-corrected chi connectivity index (χ4v) is 2.78. The SMILES string of the molecule is COc1cc(NC(=O)c2ccc(C(F)(F)F)cc2Nc2ccc(F)cc2C)nc(OC)n1. The third-order valence-corrected chi connectivity index (χ3v) is 4.36. The molecule has 0 aliphatic rings. The first kappa shape index (κ1) is 22.8. The molecule has 2 aromatic carbocycles. The van der Waals surface area contributed by atoms with Crippen molar-refractivity contribution in [2.75, 3.05) is 24.9 Å². The minimum absolute atomic E-state index is 0.0162. The molecule has 7 nitrogen and oxygen atoms in total. The van der Waals surface area contributed by atoms with Gasteiger partial charge in [-0.1, -0.05) is 0 Å². The predicted octanol–water partition coefficient (Wildman–Crippen LogP) is 4.96. The molecule has 1 aromatic heterocycles.